The van der Waals surface area contributed by atoms with E-state index in [0.29, 0.717) is 24.3 Å². The van der Waals surface area contributed by atoms with Gasteiger partial charge in [-0.25, -0.2) is 0 Å². The highest BCUT2D eigenvalue weighted by Gasteiger charge is 2.22. The Labute approximate surface area is 86.9 Å². The fourth-order valence-corrected chi connectivity index (χ4v) is 1.85. The first-order valence-corrected chi connectivity index (χ1v) is 5.66. The molecule has 1 rings (SSSR count). The van der Waals surface area contributed by atoms with Crippen molar-refractivity contribution in [2.45, 2.75) is 39.7 Å². The van der Waals surface area contributed by atoms with Gasteiger partial charge in [0, 0.05) is 25.6 Å². The summed E-state index contributed by atoms with van der Waals surface area (Å²) in [7, 11) is 0. The van der Waals surface area contributed by atoms with E-state index < -0.39 is 0 Å². The van der Waals surface area contributed by atoms with Gasteiger partial charge >= 0.3 is 0 Å². The third-order valence-corrected chi connectivity index (χ3v) is 2.89. The summed E-state index contributed by atoms with van der Waals surface area (Å²) in [6.45, 7) is 9.18. The number of hydrogen-bond donors (Lipinski definition) is 1. The molecule has 0 radical (unpaired) electrons. The summed E-state index contributed by atoms with van der Waals surface area (Å²) >= 11 is 0. The number of hydrogen-bond acceptors (Lipinski definition) is 2. The van der Waals surface area contributed by atoms with Crippen LogP contribution < -0.4 is 5.32 Å². The molecule has 1 N–H and O–H groups in total. The van der Waals surface area contributed by atoms with Crippen LogP contribution >= 0.6 is 0 Å². The highest BCUT2D eigenvalue weighted by molar-refractivity contribution is 5.75. The molecule has 0 bridgehead atoms. The number of carbonyl (C=O) groups is 1. The maximum absolute atomic E-state index is 11.6. The quantitative estimate of drug-likeness (QED) is 0.724. The van der Waals surface area contributed by atoms with Gasteiger partial charge < -0.3 is 10.2 Å². The van der Waals surface area contributed by atoms with E-state index in [2.05, 4.69) is 19.2 Å². The van der Waals surface area contributed by atoms with Crippen LogP contribution in [0.2, 0.25) is 0 Å². The number of nitrogens with zero attached hydrogens (tertiary/aromatic N) is 1. The molecule has 1 heterocycles. The Morgan fingerprint density at radius 1 is 1.57 bits per heavy atom. The van der Waals surface area contributed by atoms with Gasteiger partial charge in [0.05, 0.1) is 0 Å². The van der Waals surface area contributed by atoms with Crippen LogP contribution in [0.15, 0.2) is 0 Å². The lowest BCUT2D eigenvalue weighted by atomic mass is 10.0. The van der Waals surface area contributed by atoms with Gasteiger partial charge in [-0.1, -0.05) is 20.8 Å². The average Bonchev–Trinajstić information content (AvgIpc) is 2.41. The molecule has 0 aromatic heterocycles. The van der Waals surface area contributed by atoms with Gasteiger partial charge in [-0.05, 0) is 18.9 Å². The normalized spacial score (nSPS) is 23.7. The van der Waals surface area contributed by atoms with Crippen molar-refractivity contribution in [1.29, 1.82) is 0 Å². The molecule has 1 amide bonds. The minimum absolute atomic E-state index is 0.291. The summed E-state index contributed by atoms with van der Waals surface area (Å²) in [5, 5.41) is 3.50. The zero-order valence-electron chi connectivity index (χ0n) is 9.55. The molecule has 3 nitrogen and oxygen atoms in total. The lowest BCUT2D eigenvalue weighted by Gasteiger charge is -2.26. The van der Waals surface area contributed by atoms with Crippen molar-refractivity contribution in [1.82, 2.24) is 10.2 Å². The fourth-order valence-electron chi connectivity index (χ4n) is 1.85. The van der Waals surface area contributed by atoms with E-state index in [1.165, 1.54) is 0 Å². The van der Waals surface area contributed by atoms with E-state index in [0.717, 1.165) is 26.1 Å². The molecule has 0 aromatic rings. The molecule has 0 aliphatic carbocycles. The third-order valence-electron chi connectivity index (χ3n) is 2.89. The van der Waals surface area contributed by atoms with E-state index >= 15 is 0 Å². The van der Waals surface area contributed by atoms with E-state index in [9.17, 15) is 4.79 Å². The summed E-state index contributed by atoms with van der Waals surface area (Å²) in [5.74, 6) is 0.889. The average molecular weight is 198 g/mol. The van der Waals surface area contributed by atoms with Crippen LogP contribution in [0.3, 0.4) is 0 Å². The van der Waals surface area contributed by atoms with Gasteiger partial charge in [-0.15, -0.1) is 0 Å². The Morgan fingerprint density at radius 3 is 2.86 bits per heavy atom. The molecule has 0 saturated carbocycles. The minimum Gasteiger partial charge on any atom is -0.341 e. The van der Waals surface area contributed by atoms with Crippen LogP contribution in [0.1, 0.15) is 33.6 Å². The van der Waals surface area contributed by atoms with Gasteiger partial charge in [0.1, 0.15) is 0 Å². The number of carbonyl (C=O) groups excluding carboxylic acids is 1. The summed E-state index contributed by atoms with van der Waals surface area (Å²) in [6, 6.07) is 0.466. The molecule has 0 aromatic carbocycles. The molecule has 82 valence electrons. The van der Waals surface area contributed by atoms with Crippen molar-refractivity contribution >= 4 is 5.91 Å². The van der Waals surface area contributed by atoms with E-state index in [-0.39, 0.29) is 0 Å². The van der Waals surface area contributed by atoms with Gasteiger partial charge in [0.2, 0.25) is 5.91 Å². The standard InChI is InChI=1S/C11H22N2O/c1-4-11(14)13-7-5-6-12-10(8-13)9(2)3/h9-10,12H,4-8H2,1-3H3. The number of rotatable bonds is 2. The zero-order chi connectivity index (χ0) is 10.6. The maximum Gasteiger partial charge on any atom is 0.222 e. The van der Waals surface area contributed by atoms with Crippen molar-refractivity contribution in [3.8, 4) is 0 Å². The van der Waals surface area contributed by atoms with Crippen LogP contribution in [0.25, 0.3) is 0 Å². The molecule has 1 aliphatic rings. The van der Waals surface area contributed by atoms with E-state index in [1.807, 2.05) is 11.8 Å². The Morgan fingerprint density at radius 2 is 2.29 bits per heavy atom. The lowest BCUT2D eigenvalue weighted by Crippen LogP contribution is -2.43. The molecular weight excluding hydrogens is 176 g/mol. The van der Waals surface area contributed by atoms with Crippen LogP contribution in [0.5, 0.6) is 0 Å². The molecule has 1 fully saturated rings. The smallest absolute Gasteiger partial charge is 0.222 e. The fraction of sp³-hybridized carbons (Fsp3) is 0.909. The predicted octanol–water partition coefficient (Wildman–Crippen LogP) is 1.24. The number of amides is 1. The summed E-state index contributed by atoms with van der Waals surface area (Å²) in [5.41, 5.74) is 0. The van der Waals surface area contributed by atoms with Crippen molar-refractivity contribution in [2.75, 3.05) is 19.6 Å². The minimum atomic E-state index is 0.291. The lowest BCUT2D eigenvalue weighted by molar-refractivity contribution is -0.131. The largest absolute Gasteiger partial charge is 0.341 e. The molecule has 1 aliphatic heterocycles. The molecule has 1 atom stereocenters. The first-order valence-electron chi connectivity index (χ1n) is 5.66. The second-order valence-electron chi connectivity index (χ2n) is 4.35. The molecule has 0 spiro atoms. The molecule has 3 heteroatoms. The first kappa shape index (κ1) is 11.5. The second-order valence-corrected chi connectivity index (χ2v) is 4.35. The SMILES string of the molecule is CCC(=O)N1CCCNC(C(C)C)C1. The van der Waals surface area contributed by atoms with Crippen LogP contribution in [0.4, 0.5) is 0 Å². The topological polar surface area (TPSA) is 32.3 Å². The van der Waals surface area contributed by atoms with Crippen LogP contribution in [-0.4, -0.2) is 36.5 Å². The molecule has 1 unspecified atom stereocenters. The Balaban J connectivity index is 2.55. The summed E-state index contributed by atoms with van der Waals surface area (Å²) in [6.07, 6.45) is 1.71. The molecule has 1 saturated heterocycles. The Hall–Kier alpha value is -0.570. The van der Waals surface area contributed by atoms with Crippen molar-refractivity contribution in [3.63, 3.8) is 0 Å². The van der Waals surface area contributed by atoms with E-state index in [1.54, 1.807) is 0 Å². The Kier molecular flexibility index (Phi) is 4.39. The Bertz CT molecular complexity index is 192. The van der Waals surface area contributed by atoms with Gasteiger partial charge in [0.15, 0.2) is 0 Å². The molecule has 14 heavy (non-hydrogen) atoms. The summed E-state index contributed by atoms with van der Waals surface area (Å²) in [4.78, 5) is 13.6. The van der Waals surface area contributed by atoms with Crippen LogP contribution in [0, 0.1) is 5.92 Å². The van der Waals surface area contributed by atoms with Crippen LogP contribution in [-0.2, 0) is 4.79 Å². The highest BCUT2D eigenvalue weighted by atomic mass is 16.2. The third kappa shape index (κ3) is 2.98. The van der Waals surface area contributed by atoms with Crippen molar-refractivity contribution in [3.05, 3.63) is 0 Å². The van der Waals surface area contributed by atoms with E-state index in [4.69, 9.17) is 0 Å². The van der Waals surface area contributed by atoms with Gasteiger partial charge in [0.25, 0.3) is 0 Å². The second kappa shape index (κ2) is 5.35. The zero-order valence-corrected chi connectivity index (χ0v) is 9.55. The maximum atomic E-state index is 11.6. The highest BCUT2D eigenvalue weighted by Crippen LogP contribution is 2.09. The first-order chi connectivity index (χ1) is 6.65. The summed E-state index contributed by atoms with van der Waals surface area (Å²) < 4.78 is 0. The van der Waals surface area contributed by atoms with Crippen molar-refractivity contribution in [2.24, 2.45) is 5.92 Å². The van der Waals surface area contributed by atoms with Gasteiger partial charge in [-0.2, -0.15) is 0 Å². The number of nitrogens with one attached hydrogen (secondary N) is 1. The predicted molar refractivity (Wildman–Crippen MR) is 58.1 cm³/mol. The van der Waals surface area contributed by atoms with Crippen molar-refractivity contribution < 1.29 is 4.79 Å². The molecular formula is C11H22N2O. The van der Waals surface area contributed by atoms with Gasteiger partial charge in [-0.3, -0.25) is 4.79 Å². The monoisotopic (exact) mass is 198 g/mol.